The number of ether oxygens (including phenoxy) is 1. The van der Waals surface area contributed by atoms with Gasteiger partial charge in [0.25, 0.3) is 0 Å². The van der Waals surface area contributed by atoms with Gasteiger partial charge in [0, 0.05) is 0 Å². The highest BCUT2D eigenvalue weighted by Crippen LogP contribution is 2.18. The van der Waals surface area contributed by atoms with Crippen LogP contribution in [0.15, 0.2) is 18.2 Å². The fraction of sp³-hybridized carbons (Fsp3) is 0.647. The molecule has 0 saturated carbocycles. The van der Waals surface area contributed by atoms with E-state index >= 15 is 0 Å². The van der Waals surface area contributed by atoms with Crippen molar-refractivity contribution < 1.29 is 14.7 Å². The van der Waals surface area contributed by atoms with E-state index in [2.05, 4.69) is 19.9 Å². The summed E-state index contributed by atoms with van der Waals surface area (Å²) in [5, 5.41) is 10.1. The number of quaternary nitrogens is 1. The molecule has 0 spiro atoms. The summed E-state index contributed by atoms with van der Waals surface area (Å²) in [7, 11) is 0. The molecule has 0 aliphatic carbocycles. The number of benzene rings is 1. The van der Waals surface area contributed by atoms with Crippen molar-refractivity contribution in [2.24, 2.45) is 5.92 Å². The van der Waals surface area contributed by atoms with Gasteiger partial charge >= 0.3 is 0 Å². The van der Waals surface area contributed by atoms with Crippen LogP contribution in [0, 0.1) is 19.8 Å². The second-order valence-electron chi connectivity index (χ2n) is 6.37. The number of hydrogen-bond acceptors (Lipinski definition) is 2. The average Bonchev–Trinajstić information content (AvgIpc) is 2.40. The molecule has 1 aromatic rings. The fourth-order valence-corrected chi connectivity index (χ4v) is 2.91. The van der Waals surface area contributed by atoms with Crippen LogP contribution in [0.1, 0.15) is 30.9 Å². The number of rotatable bonds is 5. The topological polar surface area (TPSA) is 33.9 Å². The highest BCUT2D eigenvalue weighted by molar-refractivity contribution is 5.35. The molecule has 0 aromatic heterocycles. The molecule has 1 unspecified atom stereocenters. The van der Waals surface area contributed by atoms with Crippen molar-refractivity contribution in [3.05, 3.63) is 29.3 Å². The number of piperidine rings is 1. The van der Waals surface area contributed by atoms with Crippen molar-refractivity contribution in [3.8, 4) is 5.75 Å². The molecule has 1 aliphatic heterocycles. The third-order valence-corrected chi connectivity index (χ3v) is 4.27. The smallest absolute Gasteiger partial charge is 0.137 e. The molecule has 2 N–H and O–H groups in total. The second kappa shape index (κ2) is 7.09. The maximum atomic E-state index is 10.1. The van der Waals surface area contributed by atoms with Crippen molar-refractivity contribution in [2.75, 3.05) is 26.2 Å². The highest BCUT2D eigenvalue weighted by atomic mass is 16.5. The second-order valence-corrected chi connectivity index (χ2v) is 6.37. The Balaban J connectivity index is 1.76. The Morgan fingerprint density at radius 1 is 1.30 bits per heavy atom. The molecule has 1 heterocycles. The Kier molecular flexibility index (Phi) is 5.44. The number of likely N-dealkylation sites (tertiary alicyclic amines) is 1. The van der Waals surface area contributed by atoms with E-state index in [0.29, 0.717) is 6.61 Å². The lowest BCUT2D eigenvalue weighted by atomic mass is 9.99. The summed E-state index contributed by atoms with van der Waals surface area (Å²) in [6.45, 7) is 10.00. The summed E-state index contributed by atoms with van der Waals surface area (Å²) >= 11 is 0. The van der Waals surface area contributed by atoms with E-state index in [1.165, 1.54) is 36.4 Å². The quantitative estimate of drug-likeness (QED) is 0.853. The molecule has 1 fully saturated rings. The van der Waals surface area contributed by atoms with Gasteiger partial charge in [0.2, 0.25) is 0 Å². The molecule has 1 atom stereocenters. The standard InChI is InChI=1S/C17H27NO2/c1-13-6-8-18(9-7-13)11-16(19)12-20-17-5-4-14(2)10-15(17)3/h4-5,10,13,16,19H,6-9,11-12H2,1-3H3/p+1. The minimum atomic E-state index is -0.376. The van der Waals surface area contributed by atoms with Crippen molar-refractivity contribution in [1.29, 1.82) is 0 Å². The minimum Gasteiger partial charge on any atom is -0.490 e. The van der Waals surface area contributed by atoms with E-state index in [1.54, 1.807) is 0 Å². The minimum absolute atomic E-state index is 0.376. The third kappa shape index (κ3) is 4.50. The third-order valence-electron chi connectivity index (χ3n) is 4.27. The monoisotopic (exact) mass is 278 g/mol. The van der Waals surface area contributed by atoms with Crippen molar-refractivity contribution in [1.82, 2.24) is 0 Å². The largest absolute Gasteiger partial charge is 0.490 e. The summed E-state index contributed by atoms with van der Waals surface area (Å²) < 4.78 is 5.75. The van der Waals surface area contributed by atoms with Crippen LogP contribution in [0.3, 0.4) is 0 Å². The van der Waals surface area contributed by atoms with E-state index in [4.69, 9.17) is 4.74 Å². The molecular weight excluding hydrogens is 250 g/mol. The first-order chi connectivity index (χ1) is 9.54. The SMILES string of the molecule is Cc1ccc(OCC(O)C[NH+]2CCC(C)CC2)c(C)c1. The van der Waals surface area contributed by atoms with Gasteiger partial charge in [0.1, 0.15) is 25.0 Å². The summed E-state index contributed by atoms with van der Waals surface area (Å²) in [6, 6.07) is 6.15. The predicted octanol–water partition coefficient (Wildman–Crippen LogP) is 1.36. The molecule has 1 aliphatic rings. The van der Waals surface area contributed by atoms with Gasteiger partial charge in [-0.3, -0.25) is 0 Å². The molecule has 0 amide bonds. The summed E-state index contributed by atoms with van der Waals surface area (Å²) in [4.78, 5) is 1.51. The summed E-state index contributed by atoms with van der Waals surface area (Å²) in [5.41, 5.74) is 2.37. The normalized spacial score (nSPS) is 24.4. The van der Waals surface area contributed by atoms with Gasteiger partial charge in [-0.2, -0.15) is 0 Å². The molecule has 3 nitrogen and oxygen atoms in total. The van der Waals surface area contributed by atoms with Gasteiger partial charge in [-0.05, 0) is 44.2 Å². The summed E-state index contributed by atoms with van der Waals surface area (Å²) in [6.07, 6.45) is 2.18. The van der Waals surface area contributed by atoms with Crippen molar-refractivity contribution in [3.63, 3.8) is 0 Å². The van der Waals surface area contributed by atoms with Crippen LogP contribution < -0.4 is 9.64 Å². The van der Waals surface area contributed by atoms with Crippen LogP contribution in [-0.4, -0.2) is 37.5 Å². The van der Waals surface area contributed by atoms with E-state index in [-0.39, 0.29) is 6.10 Å². The van der Waals surface area contributed by atoms with Crippen LogP contribution in [0.4, 0.5) is 0 Å². The number of aryl methyl sites for hydroxylation is 2. The zero-order valence-corrected chi connectivity index (χ0v) is 13.0. The lowest BCUT2D eigenvalue weighted by molar-refractivity contribution is -0.909. The Morgan fingerprint density at radius 2 is 2.00 bits per heavy atom. The van der Waals surface area contributed by atoms with Gasteiger partial charge in [-0.25, -0.2) is 0 Å². The predicted molar refractivity (Wildman–Crippen MR) is 81.4 cm³/mol. The molecule has 1 aromatic carbocycles. The van der Waals surface area contributed by atoms with Crippen LogP contribution in [0.5, 0.6) is 5.75 Å². The lowest BCUT2D eigenvalue weighted by Gasteiger charge is -2.28. The Morgan fingerprint density at radius 3 is 2.65 bits per heavy atom. The zero-order valence-electron chi connectivity index (χ0n) is 13.0. The maximum absolute atomic E-state index is 10.1. The van der Waals surface area contributed by atoms with Crippen molar-refractivity contribution >= 4 is 0 Å². The lowest BCUT2D eigenvalue weighted by Crippen LogP contribution is -3.14. The maximum Gasteiger partial charge on any atom is 0.137 e. The number of nitrogens with one attached hydrogen (secondary N) is 1. The highest BCUT2D eigenvalue weighted by Gasteiger charge is 2.21. The molecule has 1 saturated heterocycles. The van der Waals surface area contributed by atoms with E-state index in [1.807, 2.05) is 19.1 Å². The molecule has 112 valence electrons. The number of aliphatic hydroxyl groups excluding tert-OH is 1. The van der Waals surface area contributed by atoms with Crippen LogP contribution in [-0.2, 0) is 0 Å². The average molecular weight is 278 g/mol. The first kappa shape index (κ1) is 15.3. The van der Waals surface area contributed by atoms with E-state index in [9.17, 15) is 5.11 Å². The Labute approximate surface area is 122 Å². The van der Waals surface area contributed by atoms with Gasteiger partial charge in [0.15, 0.2) is 0 Å². The number of hydrogen-bond donors (Lipinski definition) is 2. The summed E-state index contributed by atoms with van der Waals surface area (Å²) in [5.74, 6) is 1.74. The molecule has 3 heteroatoms. The van der Waals surface area contributed by atoms with E-state index < -0.39 is 0 Å². The van der Waals surface area contributed by atoms with Crippen molar-refractivity contribution in [2.45, 2.75) is 39.7 Å². The van der Waals surface area contributed by atoms with Crippen LogP contribution >= 0.6 is 0 Å². The molecule has 0 bridgehead atoms. The van der Waals surface area contributed by atoms with Gasteiger partial charge in [0.05, 0.1) is 13.1 Å². The van der Waals surface area contributed by atoms with E-state index in [0.717, 1.165) is 23.8 Å². The first-order valence-corrected chi connectivity index (χ1v) is 7.76. The van der Waals surface area contributed by atoms with Gasteiger partial charge in [-0.15, -0.1) is 0 Å². The van der Waals surface area contributed by atoms with Crippen LogP contribution in [0.2, 0.25) is 0 Å². The Bertz CT molecular complexity index is 425. The molecule has 2 rings (SSSR count). The molecule has 20 heavy (non-hydrogen) atoms. The Hall–Kier alpha value is -1.06. The van der Waals surface area contributed by atoms with Crippen LogP contribution in [0.25, 0.3) is 0 Å². The molecule has 0 radical (unpaired) electrons. The van der Waals surface area contributed by atoms with Gasteiger partial charge < -0.3 is 14.7 Å². The number of aliphatic hydroxyl groups is 1. The zero-order chi connectivity index (χ0) is 14.5. The van der Waals surface area contributed by atoms with Gasteiger partial charge in [-0.1, -0.05) is 24.6 Å². The fourth-order valence-electron chi connectivity index (χ4n) is 2.91. The first-order valence-electron chi connectivity index (χ1n) is 7.76. The molecular formula is C17H28NO2+.